The first kappa shape index (κ1) is 30.5. The van der Waals surface area contributed by atoms with Gasteiger partial charge in [-0.05, 0) is 93.0 Å². The molecule has 0 N–H and O–H groups in total. The van der Waals surface area contributed by atoms with E-state index < -0.39 is 0 Å². The molecule has 3 aliphatic rings. The second kappa shape index (κ2) is 12.4. The van der Waals surface area contributed by atoms with E-state index in [2.05, 4.69) is 65.4 Å². The molecule has 0 amide bonds. The largest absolute Gasteiger partial charge is 0.462 e. The summed E-state index contributed by atoms with van der Waals surface area (Å²) < 4.78 is 18.8. The predicted octanol–water partition coefficient (Wildman–Crippen LogP) is 10.6. The average molecular weight is 540 g/mol. The van der Waals surface area contributed by atoms with E-state index in [-0.39, 0.29) is 39.8 Å². The van der Waals surface area contributed by atoms with E-state index in [1.807, 2.05) is 18.2 Å². The molecule has 1 saturated heterocycles. The van der Waals surface area contributed by atoms with E-state index in [0.717, 1.165) is 54.8 Å². The van der Waals surface area contributed by atoms with Gasteiger partial charge in [0.15, 0.2) is 0 Å². The lowest BCUT2D eigenvalue weighted by Gasteiger charge is -2.57. The van der Waals surface area contributed by atoms with Gasteiger partial charge in [0.05, 0.1) is 11.1 Å². The summed E-state index contributed by atoms with van der Waals surface area (Å²) in [4.78, 5) is 17.1. The van der Waals surface area contributed by atoms with Crippen molar-refractivity contribution < 1.29 is 19.6 Å². The summed E-state index contributed by atoms with van der Waals surface area (Å²) in [6.07, 6.45) is 13.6. The van der Waals surface area contributed by atoms with Crippen molar-refractivity contribution in [1.82, 2.24) is 4.98 Å². The minimum Gasteiger partial charge on any atom is -0.462 e. The van der Waals surface area contributed by atoms with Gasteiger partial charge in [0.1, 0.15) is 11.9 Å². The molecule has 1 aromatic heterocycles. The Kier molecular flexibility index (Phi) is 9.74. The van der Waals surface area contributed by atoms with Crippen LogP contribution in [0.15, 0.2) is 74.0 Å². The first-order valence-electron chi connectivity index (χ1n) is 14.4. The molecule has 2 fully saturated rings. The maximum Gasteiger partial charge on any atom is 0.313 e. The number of halogens is 1. The number of cyclic esters (lactones) is 1. The molecule has 1 aromatic carbocycles. The van der Waals surface area contributed by atoms with Gasteiger partial charge >= 0.3 is 5.97 Å². The smallest absolute Gasteiger partial charge is 0.313 e. The monoisotopic (exact) mass is 539 g/mol. The quantitative estimate of drug-likeness (QED) is 0.280. The number of nitrogens with zero attached hydrogens (tertiary/aromatic N) is 1. The van der Waals surface area contributed by atoms with E-state index in [1.54, 1.807) is 23.9 Å². The number of allylic oxidation sites excluding steroid dienone is 2. The van der Waals surface area contributed by atoms with Gasteiger partial charge in [-0.15, -0.1) is 13.2 Å². The highest BCUT2D eigenvalue weighted by atomic mass is 19.1. The molecule has 2 aromatic rings. The third kappa shape index (κ3) is 5.40. The van der Waals surface area contributed by atoms with Crippen LogP contribution in [0, 0.1) is 28.0 Å². The highest BCUT2D eigenvalue weighted by Gasteiger charge is 2.69. The molecule has 1 unspecified atom stereocenters. The molecule has 218 valence electrons. The van der Waals surface area contributed by atoms with Gasteiger partial charge in [-0.25, -0.2) is 4.39 Å². The van der Waals surface area contributed by atoms with Gasteiger partial charge in [-0.2, -0.15) is 0 Å². The number of pyridine rings is 1. The normalized spacial score (nSPS) is 30.7. The molecule has 1 saturated carbocycles. The van der Waals surface area contributed by atoms with Gasteiger partial charge < -0.3 is 4.74 Å². The first-order valence-corrected chi connectivity index (χ1v) is 14.4. The summed E-state index contributed by atoms with van der Waals surface area (Å²) in [5.74, 6) is 0.594. The van der Waals surface area contributed by atoms with Crippen molar-refractivity contribution in [3.05, 3.63) is 85.5 Å². The van der Waals surface area contributed by atoms with Crippen molar-refractivity contribution in [2.45, 2.75) is 85.7 Å². The summed E-state index contributed by atoms with van der Waals surface area (Å²) in [6, 6.07) is 10.2. The molecule has 39 heavy (non-hydrogen) atoms. The number of fused-ring (bicyclic) bond motifs is 2. The van der Waals surface area contributed by atoms with Crippen LogP contribution in [0.1, 0.15) is 91.0 Å². The Bertz CT molecular complexity index is 1210. The number of hydrogen-bond donors (Lipinski definition) is 0. The Hall–Kier alpha value is -3.01. The van der Waals surface area contributed by atoms with Crippen LogP contribution in [0.4, 0.5) is 4.39 Å². The summed E-state index contributed by atoms with van der Waals surface area (Å²) in [6.45, 7) is 20.9. The number of rotatable bonds is 5. The molecule has 1 aliphatic heterocycles. The van der Waals surface area contributed by atoms with Crippen LogP contribution in [-0.4, -0.2) is 17.1 Å². The number of ether oxygens (including phenoxy) is 1. The Morgan fingerprint density at radius 3 is 2.41 bits per heavy atom. The zero-order valence-corrected chi connectivity index (χ0v) is 24.6. The molecule has 0 spiro atoms. The molecular weight excluding hydrogens is 485 g/mol. The maximum atomic E-state index is 13.0. The van der Waals surface area contributed by atoms with E-state index in [1.165, 1.54) is 25.0 Å². The van der Waals surface area contributed by atoms with Crippen LogP contribution < -0.4 is 0 Å². The lowest BCUT2D eigenvalue weighted by Crippen LogP contribution is -2.54. The van der Waals surface area contributed by atoms with Crippen LogP contribution in [0.25, 0.3) is 17.2 Å². The molecule has 5 atom stereocenters. The minimum absolute atomic E-state index is 0. The Morgan fingerprint density at radius 2 is 1.85 bits per heavy atom. The van der Waals surface area contributed by atoms with Crippen LogP contribution in [0.5, 0.6) is 0 Å². The predicted molar refractivity (Wildman–Crippen MR) is 169 cm³/mol. The van der Waals surface area contributed by atoms with Gasteiger partial charge in [0.2, 0.25) is 0 Å². The molecule has 2 aliphatic carbocycles. The molecule has 2 heterocycles. The number of carbonyl (C=O) groups is 1. The second-order valence-corrected chi connectivity index (χ2v) is 11.4. The highest BCUT2D eigenvalue weighted by Crippen LogP contribution is 2.69. The fraction of sp³-hybridized carbons (Fsp3) is 0.486. The van der Waals surface area contributed by atoms with Gasteiger partial charge in [0.25, 0.3) is 0 Å². The number of benzene rings is 1. The standard InChI is InChI=1S/C20H32O2.C13H10FN.C2H4.4H2/c1-6-18-11-14(4)9-10-16(18)12-19(7-2)15(5)22-17(21)20(19,8-3)13-18;1-2-13-7-6-11(9-15-13)10-4-3-5-12(14)8-10;1-2;;;;/h10,14-15H,6-9,11-13H2,1-5H3;2-9H,1H2;1-2H2;4*1H/t14-,15?,18+,19-,20+;;;;;;/m1....../s1. The molecule has 3 nitrogen and oxygen atoms in total. The van der Waals surface area contributed by atoms with Gasteiger partial charge in [0, 0.05) is 22.9 Å². The van der Waals surface area contributed by atoms with Crippen molar-refractivity contribution in [3.63, 3.8) is 0 Å². The van der Waals surface area contributed by atoms with Crippen LogP contribution in [-0.2, 0) is 9.53 Å². The molecule has 0 bridgehead atoms. The third-order valence-electron chi connectivity index (χ3n) is 9.80. The number of carbonyl (C=O) groups excluding carboxylic acids is 1. The first-order chi connectivity index (χ1) is 18.7. The van der Waals surface area contributed by atoms with E-state index >= 15 is 0 Å². The van der Waals surface area contributed by atoms with E-state index in [0.29, 0.717) is 0 Å². The summed E-state index contributed by atoms with van der Waals surface area (Å²) >= 11 is 0. The molecule has 4 heteroatoms. The van der Waals surface area contributed by atoms with Crippen molar-refractivity contribution >= 4 is 12.0 Å². The molecular formula is C35H54FNO2. The average Bonchev–Trinajstić information content (AvgIpc) is 3.18. The van der Waals surface area contributed by atoms with Crippen LogP contribution in [0.2, 0.25) is 0 Å². The third-order valence-corrected chi connectivity index (χ3v) is 9.80. The zero-order chi connectivity index (χ0) is 28.8. The number of hydrogen-bond acceptors (Lipinski definition) is 3. The fourth-order valence-electron chi connectivity index (χ4n) is 7.58. The Labute approximate surface area is 241 Å². The van der Waals surface area contributed by atoms with Gasteiger partial charge in [-0.3, -0.25) is 9.78 Å². The number of aromatic nitrogens is 1. The summed E-state index contributed by atoms with van der Waals surface area (Å²) in [5, 5.41) is 0. The topological polar surface area (TPSA) is 39.2 Å². The zero-order valence-electron chi connectivity index (χ0n) is 24.6. The van der Waals surface area contributed by atoms with Crippen molar-refractivity contribution in [2.75, 3.05) is 0 Å². The molecule has 5 rings (SSSR count). The second-order valence-electron chi connectivity index (χ2n) is 11.4. The molecule has 0 radical (unpaired) electrons. The Balaban J connectivity index is 0. The lowest BCUT2D eigenvalue weighted by atomic mass is 9.44. The SMILES string of the molecule is C=C.C=Cc1ccc(-c2cccc(F)c2)cn1.CC[C@@]12C[C@H](C)CC=C1C[C@]1(CC)C(C)OC(=O)[C@]1(CC)C2.[HH].[HH].[HH].[HH]. The van der Waals surface area contributed by atoms with E-state index in [4.69, 9.17) is 4.74 Å². The minimum atomic E-state index is -0.258. The summed E-state index contributed by atoms with van der Waals surface area (Å²) in [5.41, 5.74) is 4.20. The van der Waals surface area contributed by atoms with Crippen molar-refractivity contribution in [3.8, 4) is 11.1 Å². The fourth-order valence-corrected chi connectivity index (χ4v) is 7.58. The van der Waals surface area contributed by atoms with E-state index in [9.17, 15) is 9.18 Å². The lowest BCUT2D eigenvalue weighted by molar-refractivity contribution is -0.152. The van der Waals surface area contributed by atoms with Crippen molar-refractivity contribution in [2.24, 2.45) is 22.2 Å². The summed E-state index contributed by atoms with van der Waals surface area (Å²) in [7, 11) is 0. The maximum absolute atomic E-state index is 13.0. The van der Waals surface area contributed by atoms with Gasteiger partial charge in [-0.1, -0.05) is 64.1 Å². The van der Waals surface area contributed by atoms with Crippen molar-refractivity contribution in [1.29, 1.82) is 0 Å². The van der Waals surface area contributed by atoms with Crippen LogP contribution in [0.3, 0.4) is 0 Å². The highest BCUT2D eigenvalue weighted by molar-refractivity contribution is 5.81. The number of esters is 1. The van der Waals surface area contributed by atoms with Crippen LogP contribution >= 0.6 is 0 Å². The Morgan fingerprint density at radius 1 is 1.10 bits per heavy atom.